The summed E-state index contributed by atoms with van der Waals surface area (Å²) in [5.41, 5.74) is 7.99. The molecule has 1 aliphatic rings. The van der Waals surface area contributed by atoms with Crippen LogP contribution in [0.4, 0.5) is 5.69 Å². The van der Waals surface area contributed by atoms with E-state index in [1.807, 2.05) is 59.5 Å². The van der Waals surface area contributed by atoms with E-state index in [1.165, 1.54) is 0 Å². The minimum absolute atomic E-state index is 0.107. The number of nitrogens with two attached hydrogens (primary N) is 1. The van der Waals surface area contributed by atoms with Crippen LogP contribution in [0.5, 0.6) is 0 Å². The molecule has 0 bridgehead atoms. The van der Waals surface area contributed by atoms with Crippen molar-refractivity contribution in [2.45, 2.75) is 19.0 Å². The number of carbonyl (C=O) groups is 1. The van der Waals surface area contributed by atoms with Gasteiger partial charge in [0.25, 0.3) is 0 Å². The molecule has 24 heavy (non-hydrogen) atoms. The van der Waals surface area contributed by atoms with Crippen LogP contribution in [0.25, 0.3) is 0 Å². The molecular weight excluding hydrogens is 366 g/mol. The van der Waals surface area contributed by atoms with Crippen LogP contribution in [-0.2, 0) is 11.3 Å². The van der Waals surface area contributed by atoms with Crippen LogP contribution in [0.3, 0.4) is 0 Å². The van der Waals surface area contributed by atoms with E-state index in [4.69, 9.17) is 5.73 Å². The highest BCUT2D eigenvalue weighted by Crippen LogP contribution is 2.21. The van der Waals surface area contributed by atoms with Gasteiger partial charge < -0.3 is 10.6 Å². The summed E-state index contributed by atoms with van der Waals surface area (Å²) in [7, 11) is 0. The zero-order valence-corrected chi connectivity index (χ0v) is 15.2. The van der Waals surface area contributed by atoms with Crippen LogP contribution in [0.15, 0.2) is 59.1 Å². The molecule has 2 N–H and O–H groups in total. The van der Waals surface area contributed by atoms with Crippen LogP contribution in [0, 0.1) is 0 Å². The fourth-order valence-electron chi connectivity index (χ4n) is 2.99. The molecule has 0 saturated carbocycles. The number of anilines is 1. The highest BCUT2D eigenvalue weighted by Gasteiger charge is 2.24. The van der Waals surface area contributed by atoms with Gasteiger partial charge >= 0.3 is 0 Å². The lowest BCUT2D eigenvalue weighted by atomic mass is 10.2. The summed E-state index contributed by atoms with van der Waals surface area (Å²) >= 11 is 3.45. The summed E-state index contributed by atoms with van der Waals surface area (Å²) in [5.74, 6) is 0.107. The third-order valence-corrected chi connectivity index (χ3v) is 4.82. The largest absolute Gasteiger partial charge is 0.326 e. The zero-order valence-electron chi connectivity index (χ0n) is 13.6. The van der Waals surface area contributed by atoms with Crippen LogP contribution in [-0.4, -0.2) is 36.5 Å². The predicted octanol–water partition coefficient (Wildman–Crippen LogP) is 3.02. The number of rotatable bonds is 5. The molecule has 0 aliphatic carbocycles. The lowest BCUT2D eigenvalue weighted by Crippen LogP contribution is -2.40. The Balaban J connectivity index is 1.78. The number of amides is 1. The molecule has 5 heteroatoms. The fourth-order valence-corrected chi connectivity index (χ4v) is 3.26. The van der Waals surface area contributed by atoms with E-state index in [9.17, 15) is 4.79 Å². The number of benzene rings is 2. The van der Waals surface area contributed by atoms with Crippen molar-refractivity contribution in [1.29, 1.82) is 0 Å². The average molecular weight is 388 g/mol. The van der Waals surface area contributed by atoms with Crippen molar-refractivity contribution in [1.82, 2.24) is 4.90 Å². The van der Waals surface area contributed by atoms with Gasteiger partial charge in [0.2, 0.25) is 5.91 Å². The van der Waals surface area contributed by atoms with Crippen LogP contribution >= 0.6 is 15.9 Å². The minimum atomic E-state index is 0.107. The van der Waals surface area contributed by atoms with Crippen molar-refractivity contribution in [2.24, 2.45) is 5.73 Å². The lowest BCUT2D eigenvalue weighted by molar-refractivity contribution is -0.119. The van der Waals surface area contributed by atoms with Gasteiger partial charge in [0, 0.05) is 29.3 Å². The first kappa shape index (κ1) is 17.1. The maximum absolute atomic E-state index is 12.9. The summed E-state index contributed by atoms with van der Waals surface area (Å²) < 4.78 is 1.00. The normalized spacial score (nSPS) is 17.8. The van der Waals surface area contributed by atoms with E-state index >= 15 is 0 Å². The molecule has 1 atom stereocenters. The second kappa shape index (κ2) is 7.92. The molecule has 1 aliphatic heterocycles. The van der Waals surface area contributed by atoms with Crippen LogP contribution in [0.2, 0.25) is 0 Å². The Hall–Kier alpha value is -1.69. The van der Waals surface area contributed by atoms with Crippen molar-refractivity contribution in [3.05, 3.63) is 64.6 Å². The van der Waals surface area contributed by atoms with Gasteiger partial charge in [-0.25, -0.2) is 0 Å². The summed E-state index contributed by atoms with van der Waals surface area (Å²) in [6.07, 6.45) is 0.963. The first-order valence-electron chi connectivity index (χ1n) is 8.19. The molecule has 0 aromatic heterocycles. The molecule has 126 valence electrons. The van der Waals surface area contributed by atoms with Crippen molar-refractivity contribution < 1.29 is 4.79 Å². The zero-order chi connectivity index (χ0) is 16.9. The number of halogens is 1. The number of hydrogen-bond acceptors (Lipinski definition) is 3. The number of carbonyl (C=O) groups excluding carboxylic acids is 1. The minimum Gasteiger partial charge on any atom is -0.326 e. The molecule has 1 amide bonds. The first-order valence-corrected chi connectivity index (χ1v) is 8.99. The molecule has 1 heterocycles. The highest BCUT2D eigenvalue weighted by molar-refractivity contribution is 9.10. The van der Waals surface area contributed by atoms with Gasteiger partial charge in [-0.05, 0) is 36.2 Å². The van der Waals surface area contributed by atoms with Crippen molar-refractivity contribution in [3.8, 4) is 0 Å². The van der Waals surface area contributed by atoms with Gasteiger partial charge in [0.15, 0.2) is 0 Å². The van der Waals surface area contributed by atoms with Crippen LogP contribution < -0.4 is 10.6 Å². The summed E-state index contributed by atoms with van der Waals surface area (Å²) in [6.45, 7) is 2.68. The number of hydrogen-bond donors (Lipinski definition) is 1. The van der Waals surface area contributed by atoms with Gasteiger partial charge in [-0.15, -0.1) is 0 Å². The predicted molar refractivity (Wildman–Crippen MR) is 101 cm³/mol. The Morgan fingerprint density at radius 3 is 2.50 bits per heavy atom. The Morgan fingerprint density at radius 1 is 1.17 bits per heavy atom. The molecule has 0 radical (unpaired) electrons. The van der Waals surface area contributed by atoms with Gasteiger partial charge in [0.05, 0.1) is 13.1 Å². The van der Waals surface area contributed by atoms with Gasteiger partial charge in [0.1, 0.15) is 0 Å². The molecule has 2 aromatic rings. The molecule has 3 rings (SSSR count). The SMILES string of the molecule is NC1CCN(CC(=O)N(Cc2ccccc2)c2ccc(Br)cc2)C1. The van der Waals surface area contributed by atoms with Crippen molar-refractivity contribution in [2.75, 3.05) is 24.5 Å². The fraction of sp³-hybridized carbons (Fsp3) is 0.316. The number of likely N-dealkylation sites (tertiary alicyclic amines) is 1. The topological polar surface area (TPSA) is 49.6 Å². The lowest BCUT2D eigenvalue weighted by Gasteiger charge is -2.26. The van der Waals surface area contributed by atoms with Gasteiger partial charge in [-0.2, -0.15) is 0 Å². The average Bonchev–Trinajstić information content (AvgIpc) is 2.99. The molecule has 1 unspecified atom stereocenters. The maximum Gasteiger partial charge on any atom is 0.241 e. The molecule has 0 spiro atoms. The van der Waals surface area contributed by atoms with Crippen LogP contribution in [0.1, 0.15) is 12.0 Å². The van der Waals surface area contributed by atoms with Gasteiger partial charge in [-0.1, -0.05) is 46.3 Å². The third-order valence-electron chi connectivity index (χ3n) is 4.29. The Morgan fingerprint density at radius 2 is 1.88 bits per heavy atom. The van der Waals surface area contributed by atoms with Crippen molar-refractivity contribution in [3.63, 3.8) is 0 Å². The first-order chi connectivity index (χ1) is 11.6. The van der Waals surface area contributed by atoms with Gasteiger partial charge in [-0.3, -0.25) is 9.69 Å². The molecule has 2 aromatic carbocycles. The van der Waals surface area contributed by atoms with E-state index in [1.54, 1.807) is 0 Å². The monoisotopic (exact) mass is 387 g/mol. The van der Waals surface area contributed by atoms with E-state index in [-0.39, 0.29) is 11.9 Å². The second-order valence-electron chi connectivity index (χ2n) is 6.23. The quantitative estimate of drug-likeness (QED) is 0.857. The van der Waals surface area contributed by atoms with E-state index < -0.39 is 0 Å². The van der Waals surface area contributed by atoms with Crippen molar-refractivity contribution >= 4 is 27.5 Å². The Bertz CT molecular complexity index is 675. The molecule has 1 saturated heterocycles. The molecule has 1 fully saturated rings. The maximum atomic E-state index is 12.9. The van der Waals surface area contributed by atoms with E-state index in [2.05, 4.69) is 20.8 Å². The highest BCUT2D eigenvalue weighted by atomic mass is 79.9. The van der Waals surface area contributed by atoms with E-state index in [0.717, 1.165) is 35.2 Å². The second-order valence-corrected chi connectivity index (χ2v) is 7.14. The standard InChI is InChI=1S/C19H22BrN3O/c20-16-6-8-18(9-7-16)23(12-15-4-2-1-3-5-15)19(24)14-22-11-10-17(21)13-22/h1-9,17H,10-14,21H2. The summed E-state index contributed by atoms with van der Waals surface area (Å²) in [5, 5.41) is 0. The third kappa shape index (κ3) is 4.44. The molecule has 4 nitrogen and oxygen atoms in total. The number of nitrogens with zero attached hydrogens (tertiary/aromatic N) is 2. The van der Waals surface area contributed by atoms with E-state index in [0.29, 0.717) is 13.1 Å². The summed E-state index contributed by atoms with van der Waals surface area (Å²) in [4.78, 5) is 16.9. The Kier molecular flexibility index (Phi) is 5.66. The molecular formula is C19H22BrN3O. The smallest absolute Gasteiger partial charge is 0.241 e. The Labute approximate surface area is 151 Å². The summed E-state index contributed by atoms with van der Waals surface area (Å²) in [6, 6.07) is 18.1.